The SMILES string of the molecule is CCOc1ccccc1-c1cncc(C)c1. The molecule has 0 radical (unpaired) electrons. The van der Waals surface area contributed by atoms with Crippen molar-refractivity contribution < 1.29 is 4.74 Å². The van der Waals surface area contributed by atoms with Crippen LogP contribution in [-0.4, -0.2) is 11.6 Å². The van der Waals surface area contributed by atoms with Crippen LogP contribution in [0.5, 0.6) is 5.75 Å². The highest BCUT2D eigenvalue weighted by Gasteiger charge is 2.05. The predicted molar refractivity (Wildman–Crippen MR) is 65.6 cm³/mol. The van der Waals surface area contributed by atoms with Gasteiger partial charge in [-0.25, -0.2) is 0 Å². The first-order valence-electron chi connectivity index (χ1n) is 5.45. The maximum Gasteiger partial charge on any atom is 0.127 e. The smallest absolute Gasteiger partial charge is 0.127 e. The molecule has 2 aromatic rings. The lowest BCUT2D eigenvalue weighted by Crippen LogP contribution is -1.94. The lowest BCUT2D eigenvalue weighted by Gasteiger charge is -2.09. The Labute approximate surface area is 95.9 Å². The highest BCUT2D eigenvalue weighted by Crippen LogP contribution is 2.29. The fraction of sp³-hybridized carbons (Fsp3) is 0.214. The predicted octanol–water partition coefficient (Wildman–Crippen LogP) is 3.46. The molecule has 1 aromatic heterocycles. The van der Waals surface area contributed by atoms with Gasteiger partial charge in [-0.15, -0.1) is 0 Å². The molecule has 0 bridgehead atoms. The first-order valence-corrected chi connectivity index (χ1v) is 5.45. The summed E-state index contributed by atoms with van der Waals surface area (Å²) >= 11 is 0. The molecule has 0 aliphatic heterocycles. The summed E-state index contributed by atoms with van der Waals surface area (Å²) in [5.74, 6) is 0.914. The van der Waals surface area contributed by atoms with Crippen molar-refractivity contribution in [2.24, 2.45) is 0 Å². The minimum absolute atomic E-state index is 0.677. The number of rotatable bonds is 3. The third-order valence-electron chi connectivity index (χ3n) is 2.37. The lowest BCUT2D eigenvalue weighted by molar-refractivity contribution is 0.341. The van der Waals surface area contributed by atoms with E-state index in [0.717, 1.165) is 22.4 Å². The quantitative estimate of drug-likeness (QED) is 0.779. The molecule has 82 valence electrons. The van der Waals surface area contributed by atoms with Crippen LogP contribution in [0.1, 0.15) is 12.5 Å². The van der Waals surface area contributed by atoms with Crippen molar-refractivity contribution in [1.29, 1.82) is 0 Å². The van der Waals surface area contributed by atoms with Gasteiger partial charge in [-0.05, 0) is 31.5 Å². The average molecular weight is 213 g/mol. The number of ether oxygens (including phenoxy) is 1. The van der Waals surface area contributed by atoms with Gasteiger partial charge < -0.3 is 4.74 Å². The maximum absolute atomic E-state index is 5.60. The van der Waals surface area contributed by atoms with Crippen LogP contribution in [0.4, 0.5) is 0 Å². The topological polar surface area (TPSA) is 22.1 Å². The van der Waals surface area contributed by atoms with Gasteiger partial charge >= 0.3 is 0 Å². The lowest BCUT2D eigenvalue weighted by atomic mass is 10.1. The third-order valence-corrected chi connectivity index (χ3v) is 2.37. The number of pyridine rings is 1. The maximum atomic E-state index is 5.60. The van der Waals surface area contributed by atoms with Gasteiger partial charge in [-0.1, -0.05) is 18.2 Å². The number of nitrogens with zero attached hydrogens (tertiary/aromatic N) is 1. The molecular weight excluding hydrogens is 198 g/mol. The van der Waals surface area contributed by atoms with Crippen molar-refractivity contribution in [2.75, 3.05) is 6.61 Å². The van der Waals surface area contributed by atoms with Gasteiger partial charge in [0, 0.05) is 23.5 Å². The van der Waals surface area contributed by atoms with E-state index in [4.69, 9.17) is 4.74 Å². The summed E-state index contributed by atoms with van der Waals surface area (Å²) < 4.78 is 5.60. The summed E-state index contributed by atoms with van der Waals surface area (Å²) in [6, 6.07) is 10.2. The molecule has 0 saturated carbocycles. The van der Waals surface area contributed by atoms with Crippen LogP contribution in [0.15, 0.2) is 42.7 Å². The van der Waals surface area contributed by atoms with Gasteiger partial charge in [0.15, 0.2) is 0 Å². The summed E-state index contributed by atoms with van der Waals surface area (Å²) in [6.07, 6.45) is 3.72. The highest BCUT2D eigenvalue weighted by atomic mass is 16.5. The van der Waals surface area contributed by atoms with Crippen molar-refractivity contribution in [1.82, 2.24) is 4.98 Å². The van der Waals surface area contributed by atoms with E-state index >= 15 is 0 Å². The van der Waals surface area contributed by atoms with Crippen LogP contribution in [0, 0.1) is 6.92 Å². The molecule has 2 heteroatoms. The number of aryl methyl sites for hydroxylation is 1. The number of hydrogen-bond donors (Lipinski definition) is 0. The van der Waals surface area contributed by atoms with Gasteiger partial charge in [-0.2, -0.15) is 0 Å². The normalized spacial score (nSPS) is 10.1. The van der Waals surface area contributed by atoms with Crippen LogP contribution in [0.25, 0.3) is 11.1 Å². The van der Waals surface area contributed by atoms with Crippen molar-refractivity contribution in [3.8, 4) is 16.9 Å². The number of aromatic nitrogens is 1. The van der Waals surface area contributed by atoms with Gasteiger partial charge in [0.1, 0.15) is 5.75 Å². The Kier molecular flexibility index (Phi) is 3.20. The van der Waals surface area contributed by atoms with E-state index in [1.165, 1.54) is 0 Å². The van der Waals surface area contributed by atoms with Crippen LogP contribution >= 0.6 is 0 Å². The summed E-state index contributed by atoms with van der Waals surface area (Å²) in [4.78, 5) is 4.21. The fourth-order valence-electron chi connectivity index (χ4n) is 1.69. The summed E-state index contributed by atoms with van der Waals surface area (Å²) in [7, 11) is 0. The molecule has 0 N–H and O–H groups in total. The molecule has 0 atom stereocenters. The zero-order valence-electron chi connectivity index (χ0n) is 9.60. The molecule has 1 aromatic carbocycles. The minimum atomic E-state index is 0.677. The first kappa shape index (κ1) is 10.7. The van der Waals surface area contributed by atoms with Gasteiger partial charge in [0.2, 0.25) is 0 Å². The molecule has 1 heterocycles. The molecule has 0 spiro atoms. The van der Waals surface area contributed by atoms with E-state index in [9.17, 15) is 0 Å². The van der Waals surface area contributed by atoms with Crippen molar-refractivity contribution in [3.05, 3.63) is 48.3 Å². The summed E-state index contributed by atoms with van der Waals surface area (Å²) in [6.45, 7) is 4.71. The fourth-order valence-corrected chi connectivity index (χ4v) is 1.69. The average Bonchev–Trinajstić information content (AvgIpc) is 2.30. The van der Waals surface area contributed by atoms with Crippen LogP contribution < -0.4 is 4.74 Å². The largest absolute Gasteiger partial charge is 0.493 e. The highest BCUT2D eigenvalue weighted by molar-refractivity contribution is 5.69. The second-order valence-corrected chi connectivity index (χ2v) is 3.68. The van der Waals surface area contributed by atoms with E-state index in [0.29, 0.717) is 6.61 Å². The molecule has 0 saturated heterocycles. The molecular formula is C14H15NO. The van der Waals surface area contributed by atoms with Crippen molar-refractivity contribution in [2.45, 2.75) is 13.8 Å². The Morgan fingerprint density at radius 1 is 1.19 bits per heavy atom. The zero-order chi connectivity index (χ0) is 11.4. The molecule has 0 aliphatic rings. The zero-order valence-corrected chi connectivity index (χ0v) is 9.60. The molecule has 2 nitrogen and oxygen atoms in total. The third kappa shape index (κ3) is 2.22. The van der Waals surface area contributed by atoms with E-state index in [1.54, 1.807) is 0 Å². The van der Waals surface area contributed by atoms with Crippen LogP contribution in [0.2, 0.25) is 0 Å². The second kappa shape index (κ2) is 4.79. The molecule has 0 unspecified atom stereocenters. The molecule has 0 aliphatic carbocycles. The van der Waals surface area contributed by atoms with Gasteiger partial charge in [-0.3, -0.25) is 4.98 Å². The van der Waals surface area contributed by atoms with E-state index < -0.39 is 0 Å². The minimum Gasteiger partial charge on any atom is -0.493 e. The molecule has 0 fully saturated rings. The Hall–Kier alpha value is -1.83. The van der Waals surface area contributed by atoms with E-state index in [1.807, 2.05) is 44.4 Å². The number of para-hydroxylation sites is 1. The Balaban J connectivity index is 2.46. The van der Waals surface area contributed by atoms with Crippen molar-refractivity contribution >= 4 is 0 Å². The Morgan fingerprint density at radius 3 is 2.75 bits per heavy atom. The summed E-state index contributed by atoms with van der Waals surface area (Å²) in [5, 5.41) is 0. The monoisotopic (exact) mass is 213 g/mol. The van der Waals surface area contributed by atoms with Crippen LogP contribution in [-0.2, 0) is 0 Å². The van der Waals surface area contributed by atoms with Gasteiger partial charge in [0.25, 0.3) is 0 Å². The van der Waals surface area contributed by atoms with Crippen molar-refractivity contribution in [3.63, 3.8) is 0 Å². The molecule has 16 heavy (non-hydrogen) atoms. The van der Waals surface area contributed by atoms with Crippen LogP contribution in [0.3, 0.4) is 0 Å². The van der Waals surface area contributed by atoms with E-state index in [2.05, 4.69) is 17.1 Å². The standard InChI is InChI=1S/C14H15NO/c1-3-16-14-7-5-4-6-13(14)12-8-11(2)9-15-10-12/h4-10H,3H2,1-2H3. The summed E-state index contributed by atoms with van der Waals surface area (Å²) in [5.41, 5.74) is 3.36. The van der Waals surface area contributed by atoms with E-state index in [-0.39, 0.29) is 0 Å². The number of benzene rings is 1. The Morgan fingerprint density at radius 2 is 2.00 bits per heavy atom. The second-order valence-electron chi connectivity index (χ2n) is 3.68. The first-order chi connectivity index (χ1) is 7.81. The number of hydrogen-bond acceptors (Lipinski definition) is 2. The van der Waals surface area contributed by atoms with Gasteiger partial charge in [0.05, 0.1) is 6.61 Å². The molecule has 2 rings (SSSR count). The molecule has 0 amide bonds. The Bertz CT molecular complexity index is 480.